The number of hydrogen-bond acceptors (Lipinski definition) is 1. The van der Waals surface area contributed by atoms with Crippen molar-refractivity contribution < 1.29 is 9.90 Å². The predicted molar refractivity (Wildman–Crippen MR) is 56.1 cm³/mol. The summed E-state index contributed by atoms with van der Waals surface area (Å²) in [4.78, 5) is 11.7. The lowest BCUT2D eigenvalue weighted by atomic mass is 9.59. The molecule has 1 fully saturated rings. The van der Waals surface area contributed by atoms with Gasteiger partial charge in [-0.1, -0.05) is 29.8 Å². The normalized spacial score (nSPS) is 38.6. The fourth-order valence-electron chi connectivity index (χ4n) is 2.06. The highest BCUT2D eigenvalue weighted by Gasteiger charge is 2.50. The molecule has 3 heteroatoms. The topological polar surface area (TPSA) is 37.3 Å². The van der Waals surface area contributed by atoms with Gasteiger partial charge in [0.25, 0.3) is 0 Å². The first-order chi connectivity index (χ1) is 5.79. The maximum Gasteiger partial charge on any atom is 0.309 e. The van der Waals surface area contributed by atoms with Gasteiger partial charge < -0.3 is 5.11 Å². The predicted octanol–water partition coefficient (Wildman–Crippen LogP) is 3.05. The molecule has 0 radical (unpaired) electrons. The van der Waals surface area contributed by atoms with Gasteiger partial charge in [-0.05, 0) is 31.6 Å². The minimum atomic E-state index is -0.656. The van der Waals surface area contributed by atoms with Crippen molar-refractivity contribution >= 4 is 21.9 Å². The second-order valence-electron chi connectivity index (χ2n) is 4.86. The fourth-order valence-corrected chi connectivity index (χ4v) is 3.10. The van der Waals surface area contributed by atoms with Gasteiger partial charge in [0.05, 0.1) is 5.41 Å². The van der Waals surface area contributed by atoms with Gasteiger partial charge >= 0.3 is 5.97 Å². The van der Waals surface area contributed by atoms with Crippen LogP contribution in [0.1, 0.15) is 40.0 Å². The maximum absolute atomic E-state index is 11.2. The Bertz CT molecular complexity index is 225. The number of rotatable bonds is 1. The average Bonchev–Trinajstić information content (AvgIpc) is 1.96. The van der Waals surface area contributed by atoms with E-state index in [1.54, 1.807) is 0 Å². The van der Waals surface area contributed by atoms with Gasteiger partial charge in [0.2, 0.25) is 0 Å². The van der Waals surface area contributed by atoms with E-state index < -0.39 is 11.4 Å². The van der Waals surface area contributed by atoms with Crippen LogP contribution in [0.25, 0.3) is 0 Å². The molecule has 0 aromatic carbocycles. The largest absolute Gasteiger partial charge is 0.481 e. The summed E-state index contributed by atoms with van der Waals surface area (Å²) in [6.07, 6.45) is 2.67. The highest BCUT2D eigenvalue weighted by atomic mass is 79.9. The van der Waals surface area contributed by atoms with Crippen LogP contribution in [0.4, 0.5) is 0 Å². The van der Waals surface area contributed by atoms with Crippen LogP contribution in [0.2, 0.25) is 0 Å². The van der Waals surface area contributed by atoms with Crippen LogP contribution >= 0.6 is 15.9 Å². The van der Waals surface area contributed by atoms with Crippen molar-refractivity contribution in [2.75, 3.05) is 0 Å². The lowest BCUT2D eigenvalue weighted by Gasteiger charge is -2.46. The number of aliphatic carboxylic acids is 1. The van der Waals surface area contributed by atoms with E-state index in [-0.39, 0.29) is 5.41 Å². The van der Waals surface area contributed by atoms with Crippen LogP contribution < -0.4 is 0 Å². The third kappa shape index (κ3) is 1.76. The van der Waals surface area contributed by atoms with E-state index in [0.29, 0.717) is 4.83 Å². The molecule has 0 amide bonds. The molecule has 1 aliphatic carbocycles. The van der Waals surface area contributed by atoms with E-state index in [1.807, 2.05) is 6.92 Å². The average molecular weight is 249 g/mol. The van der Waals surface area contributed by atoms with Crippen LogP contribution in [0.5, 0.6) is 0 Å². The van der Waals surface area contributed by atoms with Crippen molar-refractivity contribution in [3.8, 4) is 0 Å². The van der Waals surface area contributed by atoms with Gasteiger partial charge in [0.15, 0.2) is 0 Å². The first kappa shape index (κ1) is 11.0. The molecule has 1 saturated carbocycles. The van der Waals surface area contributed by atoms with Gasteiger partial charge in [-0.25, -0.2) is 0 Å². The van der Waals surface area contributed by atoms with Gasteiger partial charge in [0, 0.05) is 4.83 Å². The molecular formula is C10H17BrO2. The Kier molecular flexibility index (Phi) is 2.77. The second kappa shape index (κ2) is 3.26. The van der Waals surface area contributed by atoms with Gasteiger partial charge in [-0.2, -0.15) is 0 Å². The molecule has 1 N–H and O–H groups in total. The van der Waals surface area contributed by atoms with E-state index in [4.69, 9.17) is 0 Å². The molecule has 2 atom stereocenters. The summed E-state index contributed by atoms with van der Waals surface area (Å²) in [5.74, 6) is -0.656. The SMILES string of the molecule is CC1(C)C[C@@H](Br)CC[C@]1(C)C(=O)O. The number of halogens is 1. The zero-order chi connectivity index (χ0) is 10.3. The Morgan fingerprint density at radius 2 is 2.00 bits per heavy atom. The number of hydrogen-bond donors (Lipinski definition) is 1. The highest BCUT2D eigenvalue weighted by Crippen LogP contribution is 2.51. The van der Waals surface area contributed by atoms with Crippen LogP contribution in [0, 0.1) is 10.8 Å². The summed E-state index contributed by atoms with van der Waals surface area (Å²) in [5, 5.41) is 9.20. The Morgan fingerprint density at radius 1 is 1.46 bits per heavy atom. The van der Waals surface area contributed by atoms with E-state index in [1.165, 1.54) is 0 Å². The number of alkyl halides is 1. The van der Waals surface area contributed by atoms with Crippen molar-refractivity contribution in [2.45, 2.75) is 44.9 Å². The summed E-state index contributed by atoms with van der Waals surface area (Å²) in [7, 11) is 0. The summed E-state index contributed by atoms with van der Waals surface area (Å²) in [6, 6.07) is 0. The van der Waals surface area contributed by atoms with Crippen LogP contribution in [-0.2, 0) is 4.79 Å². The quantitative estimate of drug-likeness (QED) is 0.725. The van der Waals surface area contributed by atoms with E-state index in [9.17, 15) is 9.90 Å². The summed E-state index contributed by atoms with van der Waals surface area (Å²) >= 11 is 3.57. The zero-order valence-electron chi connectivity index (χ0n) is 8.43. The van der Waals surface area contributed by atoms with E-state index in [2.05, 4.69) is 29.8 Å². The molecule has 0 saturated heterocycles. The number of carboxylic acids is 1. The van der Waals surface area contributed by atoms with Crippen molar-refractivity contribution in [1.82, 2.24) is 0 Å². The lowest BCUT2D eigenvalue weighted by molar-refractivity contribution is -0.158. The first-order valence-electron chi connectivity index (χ1n) is 4.67. The molecule has 1 aliphatic rings. The van der Waals surface area contributed by atoms with Crippen LogP contribution in [-0.4, -0.2) is 15.9 Å². The zero-order valence-corrected chi connectivity index (χ0v) is 10.0. The third-order valence-electron chi connectivity index (χ3n) is 3.66. The molecule has 2 nitrogen and oxygen atoms in total. The molecule has 0 aromatic heterocycles. The number of carbonyl (C=O) groups is 1. The molecule has 1 rings (SSSR count). The Morgan fingerprint density at radius 3 is 2.38 bits per heavy atom. The van der Waals surface area contributed by atoms with E-state index in [0.717, 1.165) is 19.3 Å². The van der Waals surface area contributed by atoms with Gasteiger partial charge in [0.1, 0.15) is 0 Å². The summed E-state index contributed by atoms with van der Waals surface area (Å²) in [5.41, 5.74) is -0.678. The molecule has 76 valence electrons. The summed E-state index contributed by atoms with van der Waals surface area (Å²) < 4.78 is 0. The fraction of sp³-hybridized carbons (Fsp3) is 0.900. The minimum Gasteiger partial charge on any atom is -0.481 e. The van der Waals surface area contributed by atoms with Crippen LogP contribution in [0.3, 0.4) is 0 Å². The van der Waals surface area contributed by atoms with Gasteiger partial charge in [-0.15, -0.1) is 0 Å². The summed E-state index contributed by atoms with van der Waals surface area (Å²) in [6.45, 7) is 5.97. The molecule has 0 unspecified atom stereocenters. The number of carboxylic acid groups (broad SMARTS) is 1. The van der Waals surface area contributed by atoms with Crippen LogP contribution in [0.15, 0.2) is 0 Å². The second-order valence-corrected chi connectivity index (χ2v) is 6.16. The molecule has 0 aromatic rings. The van der Waals surface area contributed by atoms with Crippen molar-refractivity contribution in [1.29, 1.82) is 0 Å². The third-order valence-corrected chi connectivity index (χ3v) is 4.44. The molecule has 13 heavy (non-hydrogen) atoms. The monoisotopic (exact) mass is 248 g/mol. The molecule has 0 spiro atoms. The highest BCUT2D eigenvalue weighted by molar-refractivity contribution is 9.09. The maximum atomic E-state index is 11.2. The minimum absolute atomic E-state index is 0.120. The smallest absolute Gasteiger partial charge is 0.309 e. The lowest BCUT2D eigenvalue weighted by Crippen LogP contribution is -2.46. The Labute approximate surface area is 87.8 Å². The molecule has 0 heterocycles. The molecule has 0 bridgehead atoms. The van der Waals surface area contributed by atoms with Crippen molar-refractivity contribution in [2.24, 2.45) is 10.8 Å². The van der Waals surface area contributed by atoms with Crippen molar-refractivity contribution in [3.63, 3.8) is 0 Å². The molecular weight excluding hydrogens is 232 g/mol. The van der Waals surface area contributed by atoms with Gasteiger partial charge in [-0.3, -0.25) is 4.79 Å². The Balaban J connectivity index is 2.92. The molecule has 0 aliphatic heterocycles. The Hall–Kier alpha value is -0.0500. The van der Waals surface area contributed by atoms with Crippen molar-refractivity contribution in [3.05, 3.63) is 0 Å². The van der Waals surface area contributed by atoms with E-state index >= 15 is 0 Å². The standard InChI is InChI=1S/C10H17BrO2/c1-9(2)6-7(11)4-5-10(9,3)8(12)13/h7H,4-6H2,1-3H3,(H,12,13)/t7-,10+/m0/s1. The first-order valence-corrected chi connectivity index (χ1v) is 5.59.